The van der Waals surface area contributed by atoms with E-state index in [1.807, 2.05) is 12.1 Å². The molecule has 176 valence electrons. The van der Waals surface area contributed by atoms with Crippen molar-refractivity contribution in [3.63, 3.8) is 0 Å². The first kappa shape index (κ1) is 23.1. The van der Waals surface area contributed by atoms with Gasteiger partial charge in [-0.3, -0.25) is 18.7 Å². The number of halogens is 1. The number of rotatable bonds is 6. The largest absolute Gasteiger partial charge is 0.367 e. The molecule has 3 aromatic rings. The van der Waals surface area contributed by atoms with E-state index in [-0.39, 0.29) is 12.3 Å². The van der Waals surface area contributed by atoms with Crippen molar-refractivity contribution in [1.82, 2.24) is 23.6 Å². The maximum atomic E-state index is 12.7. The number of benzene rings is 1. The van der Waals surface area contributed by atoms with E-state index in [2.05, 4.69) is 27.1 Å². The molecule has 11 heteroatoms. The van der Waals surface area contributed by atoms with E-state index in [4.69, 9.17) is 11.6 Å². The second-order valence-electron chi connectivity index (χ2n) is 8.42. The molecule has 1 aliphatic heterocycles. The molecule has 1 amide bonds. The zero-order valence-corrected chi connectivity index (χ0v) is 19.8. The lowest BCUT2D eigenvalue weighted by Gasteiger charge is -2.35. The van der Waals surface area contributed by atoms with E-state index < -0.39 is 11.2 Å². The standard InChI is InChI=1S/C22H28ClN7O3/c1-26-9-11-29(12-10-26)17-7-6-15(23)13-16(17)25-18(31)5-4-8-30-14-24-20-19(30)21(32)28(3)22(33)27(20)2/h6-7,13-14H,4-5,8-12H2,1-3H3,(H,25,31). The Hall–Kier alpha value is -3.11. The second kappa shape index (κ2) is 9.40. The fourth-order valence-corrected chi connectivity index (χ4v) is 4.29. The summed E-state index contributed by atoms with van der Waals surface area (Å²) in [5.41, 5.74) is 1.54. The van der Waals surface area contributed by atoms with Crippen LogP contribution in [-0.4, -0.2) is 62.7 Å². The van der Waals surface area contributed by atoms with Crippen molar-refractivity contribution in [1.29, 1.82) is 0 Å². The Balaban J connectivity index is 1.43. The molecule has 1 fully saturated rings. The molecule has 1 saturated heterocycles. The van der Waals surface area contributed by atoms with Crippen molar-refractivity contribution in [2.75, 3.05) is 43.4 Å². The molecule has 0 aliphatic carbocycles. The van der Waals surface area contributed by atoms with Crippen LogP contribution < -0.4 is 21.5 Å². The first-order valence-corrected chi connectivity index (χ1v) is 11.3. The summed E-state index contributed by atoms with van der Waals surface area (Å²) in [5, 5.41) is 3.56. The van der Waals surface area contributed by atoms with Crippen molar-refractivity contribution >= 4 is 40.0 Å². The summed E-state index contributed by atoms with van der Waals surface area (Å²) in [6, 6.07) is 5.56. The second-order valence-corrected chi connectivity index (χ2v) is 8.86. The zero-order chi connectivity index (χ0) is 23.7. The van der Waals surface area contributed by atoms with Crippen LogP contribution in [0.3, 0.4) is 0 Å². The van der Waals surface area contributed by atoms with Crippen LogP contribution in [0.4, 0.5) is 11.4 Å². The van der Waals surface area contributed by atoms with Gasteiger partial charge in [-0.15, -0.1) is 0 Å². The molecule has 3 heterocycles. The number of carbonyl (C=O) groups excluding carboxylic acids is 1. The number of hydrogen-bond acceptors (Lipinski definition) is 6. The highest BCUT2D eigenvalue weighted by molar-refractivity contribution is 6.31. The predicted molar refractivity (Wildman–Crippen MR) is 129 cm³/mol. The third kappa shape index (κ3) is 4.67. The van der Waals surface area contributed by atoms with Crippen LogP contribution in [-0.2, 0) is 25.4 Å². The summed E-state index contributed by atoms with van der Waals surface area (Å²) in [7, 11) is 5.12. The number of piperazine rings is 1. The Kier molecular flexibility index (Phi) is 6.57. The highest BCUT2D eigenvalue weighted by Gasteiger charge is 2.19. The molecule has 0 unspecified atom stereocenters. The fraction of sp³-hybridized carbons (Fsp3) is 0.455. The lowest BCUT2D eigenvalue weighted by atomic mass is 10.2. The lowest BCUT2D eigenvalue weighted by Crippen LogP contribution is -2.44. The van der Waals surface area contributed by atoms with Crippen LogP contribution in [0.1, 0.15) is 12.8 Å². The minimum absolute atomic E-state index is 0.127. The Morgan fingerprint density at radius 1 is 1.09 bits per heavy atom. The quantitative estimate of drug-likeness (QED) is 0.579. The van der Waals surface area contributed by atoms with Gasteiger partial charge >= 0.3 is 5.69 Å². The molecule has 1 aliphatic rings. The Labute approximate surface area is 196 Å². The van der Waals surface area contributed by atoms with Crippen molar-refractivity contribution in [2.45, 2.75) is 19.4 Å². The summed E-state index contributed by atoms with van der Waals surface area (Å²) >= 11 is 6.20. The van der Waals surface area contributed by atoms with Crippen molar-refractivity contribution < 1.29 is 4.79 Å². The van der Waals surface area contributed by atoms with E-state index in [0.29, 0.717) is 34.8 Å². The first-order chi connectivity index (χ1) is 15.8. The van der Waals surface area contributed by atoms with Crippen molar-refractivity contribution in [3.05, 3.63) is 50.4 Å². The van der Waals surface area contributed by atoms with E-state index in [1.165, 1.54) is 17.9 Å². The van der Waals surface area contributed by atoms with E-state index >= 15 is 0 Å². The Morgan fingerprint density at radius 2 is 1.82 bits per heavy atom. The third-order valence-corrected chi connectivity index (χ3v) is 6.33. The molecule has 10 nitrogen and oxygen atoms in total. The van der Waals surface area contributed by atoms with Crippen LogP contribution >= 0.6 is 11.6 Å². The normalized spacial score (nSPS) is 14.7. The van der Waals surface area contributed by atoms with E-state index in [1.54, 1.807) is 17.7 Å². The maximum absolute atomic E-state index is 12.7. The summed E-state index contributed by atoms with van der Waals surface area (Å²) in [6.45, 7) is 4.11. The molecule has 0 bridgehead atoms. The number of aromatic nitrogens is 4. The minimum Gasteiger partial charge on any atom is -0.367 e. The van der Waals surface area contributed by atoms with Gasteiger partial charge in [-0.2, -0.15) is 0 Å². The van der Waals surface area contributed by atoms with Gasteiger partial charge in [0.15, 0.2) is 11.2 Å². The molecular weight excluding hydrogens is 446 g/mol. The van der Waals surface area contributed by atoms with Crippen molar-refractivity contribution in [3.8, 4) is 0 Å². The Bertz CT molecular complexity index is 1300. The monoisotopic (exact) mass is 473 g/mol. The predicted octanol–water partition coefficient (Wildman–Crippen LogP) is 1.26. The fourth-order valence-electron chi connectivity index (χ4n) is 4.12. The zero-order valence-electron chi connectivity index (χ0n) is 19.0. The molecule has 0 spiro atoms. The van der Waals surface area contributed by atoms with Crippen LogP contribution in [0.25, 0.3) is 11.2 Å². The number of carbonyl (C=O) groups is 1. The highest BCUT2D eigenvalue weighted by atomic mass is 35.5. The average molecular weight is 474 g/mol. The third-order valence-electron chi connectivity index (χ3n) is 6.10. The summed E-state index contributed by atoms with van der Waals surface area (Å²) < 4.78 is 4.10. The molecule has 33 heavy (non-hydrogen) atoms. The van der Waals surface area contributed by atoms with Gasteiger partial charge in [0.2, 0.25) is 5.91 Å². The average Bonchev–Trinajstić information content (AvgIpc) is 3.21. The van der Waals surface area contributed by atoms with E-state index in [9.17, 15) is 14.4 Å². The van der Waals surface area contributed by atoms with Crippen LogP contribution in [0.2, 0.25) is 5.02 Å². The number of likely N-dealkylation sites (N-methyl/N-ethyl adjacent to an activating group) is 1. The summed E-state index contributed by atoms with van der Waals surface area (Å²) in [4.78, 5) is 46.1. The number of amides is 1. The van der Waals surface area contributed by atoms with Gasteiger partial charge in [0.25, 0.3) is 5.56 Å². The molecule has 2 aromatic heterocycles. The topological polar surface area (TPSA) is 97.4 Å². The van der Waals surface area contributed by atoms with Gasteiger partial charge in [-0.05, 0) is 31.7 Å². The van der Waals surface area contributed by atoms with Gasteiger partial charge in [0, 0.05) is 58.3 Å². The van der Waals surface area contributed by atoms with E-state index in [0.717, 1.165) is 36.4 Å². The first-order valence-electron chi connectivity index (χ1n) is 10.9. The van der Waals surface area contributed by atoms with Crippen LogP contribution in [0, 0.1) is 0 Å². The van der Waals surface area contributed by atoms with Gasteiger partial charge in [0.05, 0.1) is 17.7 Å². The summed E-state index contributed by atoms with van der Waals surface area (Å²) in [6.07, 6.45) is 2.31. The molecule has 1 N–H and O–H groups in total. The van der Waals surface area contributed by atoms with Crippen molar-refractivity contribution in [2.24, 2.45) is 14.1 Å². The number of anilines is 2. The minimum atomic E-state index is -0.421. The lowest BCUT2D eigenvalue weighted by molar-refractivity contribution is -0.116. The molecule has 0 radical (unpaired) electrons. The number of aryl methyl sites for hydroxylation is 2. The number of fused-ring (bicyclic) bond motifs is 1. The van der Waals surface area contributed by atoms with Gasteiger partial charge in [-0.25, -0.2) is 9.78 Å². The highest BCUT2D eigenvalue weighted by Crippen LogP contribution is 2.30. The molecular formula is C22H28ClN7O3. The molecule has 0 saturated carbocycles. The van der Waals surface area contributed by atoms with Crippen LogP contribution in [0.15, 0.2) is 34.1 Å². The maximum Gasteiger partial charge on any atom is 0.332 e. The molecule has 1 aromatic carbocycles. The number of imidazole rings is 1. The van der Waals surface area contributed by atoms with Gasteiger partial charge in [0.1, 0.15) is 0 Å². The van der Waals surface area contributed by atoms with Gasteiger partial charge < -0.3 is 19.7 Å². The molecule has 4 rings (SSSR count). The number of nitrogens with one attached hydrogen (secondary N) is 1. The molecule has 0 atom stereocenters. The summed E-state index contributed by atoms with van der Waals surface area (Å²) in [5.74, 6) is -0.127. The SMILES string of the molecule is CN1CCN(c2ccc(Cl)cc2NC(=O)CCCn2cnc3c2c(=O)n(C)c(=O)n3C)CC1. The van der Waals surface area contributed by atoms with Crippen LogP contribution in [0.5, 0.6) is 0 Å². The van der Waals surface area contributed by atoms with Gasteiger partial charge in [-0.1, -0.05) is 11.6 Å². The number of hydrogen-bond donors (Lipinski definition) is 1. The Morgan fingerprint density at radius 3 is 2.55 bits per heavy atom. The smallest absolute Gasteiger partial charge is 0.332 e. The number of nitrogens with zero attached hydrogens (tertiary/aromatic N) is 6.